The third-order valence-corrected chi connectivity index (χ3v) is 2.62. The number of halogens is 2. The lowest BCUT2D eigenvalue weighted by atomic mass is 10.3. The van der Waals surface area contributed by atoms with Gasteiger partial charge in [0.15, 0.2) is 23.3 Å². The van der Waals surface area contributed by atoms with Crippen LogP contribution >= 0.6 is 0 Å². The molecule has 9 heteroatoms. The van der Waals surface area contributed by atoms with Crippen molar-refractivity contribution in [1.29, 1.82) is 0 Å². The Morgan fingerprint density at radius 1 is 1.05 bits per heavy atom. The molecule has 2 aromatic heterocycles. The first kappa shape index (κ1) is 13.9. The first-order valence-corrected chi connectivity index (χ1v) is 6.22. The van der Waals surface area contributed by atoms with Gasteiger partial charge in [-0.2, -0.15) is 10.1 Å². The lowest BCUT2D eigenvalue weighted by Gasteiger charge is -2.06. The highest BCUT2D eigenvalue weighted by molar-refractivity contribution is 5.56. The molecule has 0 fully saturated rings. The summed E-state index contributed by atoms with van der Waals surface area (Å²) in [4.78, 5) is 4.13. The average molecular weight is 304 g/mol. The van der Waals surface area contributed by atoms with Gasteiger partial charge in [0.05, 0.1) is 6.20 Å². The predicted molar refractivity (Wildman–Crippen MR) is 74.0 cm³/mol. The minimum absolute atomic E-state index is 0.122. The van der Waals surface area contributed by atoms with E-state index >= 15 is 0 Å². The molecule has 3 rings (SSSR count). The number of hydrogen-bond donors (Lipinski definition) is 2. The Morgan fingerprint density at radius 2 is 1.91 bits per heavy atom. The van der Waals surface area contributed by atoms with Crippen LogP contribution in [0.5, 0.6) is 0 Å². The van der Waals surface area contributed by atoms with Gasteiger partial charge < -0.3 is 15.2 Å². The summed E-state index contributed by atoms with van der Waals surface area (Å²) in [5, 5.41) is 16.9. The zero-order valence-corrected chi connectivity index (χ0v) is 11.3. The van der Waals surface area contributed by atoms with Crippen molar-refractivity contribution < 1.29 is 13.3 Å². The molecule has 0 spiro atoms. The van der Waals surface area contributed by atoms with Crippen molar-refractivity contribution in [3.05, 3.63) is 47.9 Å². The van der Waals surface area contributed by atoms with E-state index in [4.69, 9.17) is 4.52 Å². The fourth-order valence-electron chi connectivity index (χ4n) is 1.68. The van der Waals surface area contributed by atoms with E-state index in [1.165, 1.54) is 12.3 Å². The van der Waals surface area contributed by atoms with Crippen LogP contribution < -0.4 is 10.6 Å². The van der Waals surface area contributed by atoms with Crippen LogP contribution in [0.3, 0.4) is 0 Å². The normalized spacial score (nSPS) is 10.5. The molecule has 112 valence electrons. The quantitative estimate of drug-likeness (QED) is 0.766. The van der Waals surface area contributed by atoms with E-state index in [2.05, 4.69) is 31.0 Å². The number of nitrogens with zero attached hydrogens (tertiary/aromatic N) is 4. The molecule has 0 aliphatic carbocycles. The molecular formula is C13H10F2N6O. The van der Waals surface area contributed by atoms with Crippen LogP contribution in [0.25, 0.3) is 0 Å². The van der Waals surface area contributed by atoms with Gasteiger partial charge in [-0.05, 0) is 19.1 Å². The second kappa shape index (κ2) is 5.72. The standard InChI is InChI=1S/C13H10F2N6O/c1-7-4-11(21-22-7)18-12-6-16-20-13(19-12)17-8-2-3-9(14)10(15)5-8/h2-6H,1H3,(H2,17,18,19,20,21). The van der Waals surface area contributed by atoms with E-state index < -0.39 is 11.6 Å². The molecule has 0 saturated heterocycles. The Hall–Kier alpha value is -3.10. The van der Waals surface area contributed by atoms with Crippen molar-refractivity contribution in [2.75, 3.05) is 10.6 Å². The Kier molecular flexibility index (Phi) is 3.60. The molecule has 1 aromatic carbocycles. The van der Waals surface area contributed by atoms with Gasteiger partial charge in [0, 0.05) is 17.8 Å². The van der Waals surface area contributed by atoms with E-state index in [9.17, 15) is 8.78 Å². The predicted octanol–water partition coefficient (Wildman–Crippen LogP) is 2.93. The molecule has 3 aromatic rings. The van der Waals surface area contributed by atoms with Crippen LogP contribution in [0.4, 0.5) is 32.1 Å². The number of anilines is 4. The summed E-state index contributed by atoms with van der Waals surface area (Å²) in [6, 6.07) is 5.05. The largest absolute Gasteiger partial charge is 0.360 e. The Balaban J connectivity index is 1.77. The minimum atomic E-state index is -0.967. The van der Waals surface area contributed by atoms with Gasteiger partial charge in [0.1, 0.15) is 5.76 Å². The van der Waals surface area contributed by atoms with E-state index in [0.717, 1.165) is 12.1 Å². The summed E-state index contributed by atoms with van der Waals surface area (Å²) in [7, 11) is 0. The molecule has 0 aliphatic rings. The lowest BCUT2D eigenvalue weighted by molar-refractivity contribution is 0.400. The van der Waals surface area contributed by atoms with Gasteiger partial charge >= 0.3 is 0 Å². The summed E-state index contributed by atoms with van der Waals surface area (Å²) < 4.78 is 30.9. The summed E-state index contributed by atoms with van der Waals surface area (Å²) in [5.74, 6) is -0.294. The lowest BCUT2D eigenvalue weighted by Crippen LogP contribution is -2.02. The number of benzene rings is 1. The van der Waals surface area contributed by atoms with Gasteiger partial charge in [-0.15, -0.1) is 5.10 Å². The molecule has 0 amide bonds. The average Bonchev–Trinajstić information content (AvgIpc) is 2.89. The molecule has 0 atom stereocenters. The molecule has 0 unspecified atom stereocenters. The van der Waals surface area contributed by atoms with Crippen molar-refractivity contribution in [3.63, 3.8) is 0 Å². The molecule has 0 aliphatic heterocycles. The Labute approximate surface area is 123 Å². The van der Waals surface area contributed by atoms with E-state index in [1.807, 2.05) is 0 Å². The molecule has 0 bridgehead atoms. The topological polar surface area (TPSA) is 88.8 Å². The highest BCUT2D eigenvalue weighted by Gasteiger charge is 2.07. The second-order valence-corrected chi connectivity index (χ2v) is 4.37. The maximum atomic E-state index is 13.1. The summed E-state index contributed by atoms with van der Waals surface area (Å²) in [5.41, 5.74) is 0.301. The zero-order chi connectivity index (χ0) is 15.5. The summed E-state index contributed by atoms with van der Waals surface area (Å²) in [6.45, 7) is 1.76. The minimum Gasteiger partial charge on any atom is -0.360 e. The maximum absolute atomic E-state index is 13.1. The van der Waals surface area contributed by atoms with Crippen molar-refractivity contribution in [2.45, 2.75) is 6.92 Å². The Bertz CT molecular complexity index is 807. The second-order valence-electron chi connectivity index (χ2n) is 4.37. The first-order valence-electron chi connectivity index (χ1n) is 6.22. The van der Waals surface area contributed by atoms with Crippen LogP contribution in [-0.4, -0.2) is 20.3 Å². The van der Waals surface area contributed by atoms with Crippen molar-refractivity contribution >= 4 is 23.3 Å². The van der Waals surface area contributed by atoms with Gasteiger partial charge in [0.25, 0.3) is 0 Å². The zero-order valence-electron chi connectivity index (χ0n) is 11.3. The van der Waals surface area contributed by atoms with E-state index in [-0.39, 0.29) is 5.95 Å². The van der Waals surface area contributed by atoms with Gasteiger partial charge in [0.2, 0.25) is 5.95 Å². The number of aromatic nitrogens is 4. The first-order chi connectivity index (χ1) is 10.6. The molecule has 0 radical (unpaired) electrons. The number of hydrogen-bond acceptors (Lipinski definition) is 7. The van der Waals surface area contributed by atoms with Crippen LogP contribution in [0.2, 0.25) is 0 Å². The van der Waals surface area contributed by atoms with E-state index in [1.54, 1.807) is 13.0 Å². The van der Waals surface area contributed by atoms with Gasteiger partial charge in [-0.3, -0.25) is 0 Å². The van der Waals surface area contributed by atoms with Gasteiger partial charge in [-0.25, -0.2) is 8.78 Å². The van der Waals surface area contributed by atoms with Gasteiger partial charge in [-0.1, -0.05) is 5.16 Å². The molecule has 0 saturated carbocycles. The van der Waals surface area contributed by atoms with Crippen LogP contribution in [0.1, 0.15) is 5.76 Å². The van der Waals surface area contributed by atoms with E-state index in [0.29, 0.717) is 23.1 Å². The monoisotopic (exact) mass is 304 g/mol. The van der Waals surface area contributed by atoms with Crippen molar-refractivity contribution in [3.8, 4) is 0 Å². The third-order valence-electron chi connectivity index (χ3n) is 2.62. The van der Waals surface area contributed by atoms with Crippen molar-refractivity contribution in [1.82, 2.24) is 20.3 Å². The third kappa shape index (κ3) is 3.14. The number of rotatable bonds is 4. The molecule has 2 N–H and O–H groups in total. The SMILES string of the molecule is Cc1cc(Nc2cnnc(Nc3ccc(F)c(F)c3)n2)no1. The van der Waals surface area contributed by atoms with Crippen LogP contribution in [-0.2, 0) is 0 Å². The Morgan fingerprint density at radius 3 is 2.64 bits per heavy atom. The fourth-order valence-corrected chi connectivity index (χ4v) is 1.68. The summed E-state index contributed by atoms with van der Waals surface area (Å²) >= 11 is 0. The molecule has 22 heavy (non-hydrogen) atoms. The van der Waals surface area contributed by atoms with Crippen LogP contribution in [0.15, 0.2) is 35.0 Å². The number of aryl methyl sites for hydroxylation is 1. The molecule has 7 nitrogen and oxygen atoms in total. The summed E-state index contributed by atoms with van der Waals surface area (Å²) in [6.07, 6.45) is 1.39. The highest BCUT2D eigenvalue weighted by atomic mass is 19.2. The smallest absolute Gasteiger partial charge is 0.249 e. The highest BCUT2D eigenvalue weighted by Crippen LogP contribution is 2.18. The van der Waals surface area contributed by atoms with Crippen LogP contribution in [0, 0.1) is 18.6 Å². The number of nitrogens with one attached hydrogen (secondary N) is 2. The molecular weight excluding hydrogens is 294 g/mol. The van der Waals surface area contributed by atoms with Crippen molar-refractivity contribution in [2.24, 2.45) is 0 Å². The molecule has 2 heterocycles. The fraction of sp³-hybridized carbons (Fsp3) is 0.0769. The maximum Gasteiger partial charge on any atom is 0.249 e.